The summed E-state index contributed by atoms with van der Waals surface area (Å²) in [5.41, 5.74) is 0.754. The van der Waals surface area contributed by atoms with Crippen molar-refractivity contribution >= 4 is 11.6 Å². The third-order valence-corrected chi connectivity index (χ3v) is 3.27. The fourth-order valence-electron chi connectivity index (χ4n) is 2.04. The molecular weight excluding hydrogens is 292 g/mol. The fourth-order valence-corrected chi connectivity index (χ4v) is 2.04. The van der Waals surface area contributed by atoms with E-state index in [4.69, 9.17) is 9.47 Å². The second kappa shape index (κ2) is 8.80. The van der Waals surface area contributed by atoms with E-state index in [9.17, 15) is 4.79 Å². The van der Waals surface area contributed by atoms with E-state index < -0.39 is 0 Å². The van der Waals surface area contributed by atoms with Gasteiger partial charge in [-0.05, 0) is 43.4 Å². The number of methoxy groups -OCH3 is 1. The van der Waals surface area contributed by atoms with Crippen LogP contribution in [0, 0.1) is 0 Å². The number of rotatable bonds is 8. The number of hydrogen-bond acceptors (Lipinski definition) is 4. The maximum Gasteiger partial charge on any atom is 0.238 e. The van der Waals surface area contributed by atoms with E-state index in [1.807, 2.05) is 66.5 Å². The first kappa shape index (κ1) is 16.8. The number of carbonyl (C=O) groups excluding carboxylic acids is 1. The number of hydrogen-bond donors (Lipinski definition) is 1. The minimum Gasteiger partial charge on any atom is -0.497 e. The Kier molecular flexibility index (Phi) is 6.44. The molecule has 2 rings (SSSR count). The predicted octanol–water partition coefficient (Wildman–Crippen LogP) is 2.64. The number of nitrogens with zero attached hydrogens (tertiary/aromatic N) is 1. The highest BCUT2D eigenvalue weighted by atomic mass is 16.5. The van der Waals surface area contributed by atoms with Gasteiger partial charge in [-0.3, -0.25) is 9.69 Å². The SMILES string of the molecule is COc1ccc(NC(=O)CN(C)CCOc2ccccc2)cc1. The Morgan fingerprint density at radius 2 is 1.74 bits per heavy atom. The number of likely N-dealkylation sites (N-methyl/N-ethyl adjacent to an activating group) is 1. The lowest BCUT2D eigenvalue weighted by Gasteiger charge is -2.16. The van der Waals surface area contributed by atoms with E-state index in [1.165, 1.54) is 0 Å². The van der Waals surface area contributed by atoms with E-state index in [0.717, 1.165) is 17.2 Å². The number of anilines is 1. The van der Waals surface area contributed by atoms with Crippen molar-refractivity contribution in [2.45, 2.75) is 0 Å². The van der Waals surface area contributed by atoms with E-state index in [2.05, 4.69) is 5.32 Å². The van der Waals surface area contributed by atoms with Gasteiger partial charge in [0.15, 0.2) is 0 Å². The zero-order chi connectivity index (χ0) is 16.5. The summed E-state index contributed by atoms with van der Waals surface area (Å²) in [6.45, 7) is 1.52. The molecule has 2 aromatic carbocycles. The second-order valence-electron chi connectivity index (χ2n) is 5.18. The van der Waals surface area contributed by atoms with Crippen LogP contribution >= 0.6 is 0 Å². The van der Waals surface area contributed by atoms with Gasteiger partial charge >= 0.3 is 0 Å². The first-order chi connectivity index (χ1) is 11.2. The Labute approximate surface area is 136 Å². The largest absolute Gasteiger partial charge is 0.497 e. The first-order valence-electron chi connectivity index (χ1n) is 7.47. The van der Waals surface area contributed by atoms with Crippen molar-refractivity contribution < 1.29 is 14.3 Å². The molecule has 2 aromatic rings. The Balaban J connectivity index is 1.69. The van der Waals surface area contributed by atoms with Crippen LogP contribution in [-0.4, -0.2) is 44.7 Å². The lowest BCUT2D eigenvalue weighted by molar-refractivity contribution is -0.117. The molecule has 0 radical (unpaired) electrons. The Hall–Kier alpha value is -2.53. The van der Waals surface area contributed by atoms with Crippen molar-refractivity contribution in [1.82, 2.24) is 4.90 Å². The van der Waals surface area contributed by atoms with Crippen molar-refractivity contribution in [3.63, 3.8) is 0 Å². The molecule has 0 saturated carbocycles. The van der Waals surface area contributed by atoms with Crippen LogP contribution < -0.4 is 14.8 Å². The zero-order valence-electron chi connectivity index (χ0n) is 13.5. The maximum absolute atomic E-state index is 12.0. The lowest BCUT2D eigenvalue weighted by Crippen LogP contribution is -2.33. The summed E-state index contributed by atoms with van der Waals surface area (Å²) >= 11 is 0. The molecule has 0 aliphatic heterocycles. The van der Waals surface area contributed by atoms with Crippen LogP contribution in [0.2, 0.25) is 0 Å². The number of ether oxygens (including phenoxy) is 2. The average molecular weight is 314 g/mol. The summed E-state index contributed by atoms with van der Waals surface area (Å²) in [5, 5.41) is 2.86. The van der Waals surface area contributed by atoms with Gasteiger partial charge in [-0.15, -0.1) is 0 Å². The van der Waals surface area contributed by atoms with Crippen molar-refractivity contribution in [1.29, 1.82) is 0 Å². The molecular formula is C18H22N2O3. The number of para-hydroxylation sites is 1. The van der Waals surface area contributed by atoms with Crippen LogP contribution in [-0.2, 0) is 4.79 Å². The van der Waals surface area contributed by atoms with E-state index in [1.54, 1.807) is 7.11 Å². The quantitative estimate of drug-likeness (QED) is 0.814. The summed E-state index contributed by atoms with van der Waals surface area (Å²) in [6.07, 6.45) is 0. The molecule has 23 heavy (non-hydrogen) atoms. The van der Waals surface area contributed by atoms with E-state index in [0.29, 0.717) is 19.7 Å². The monoisotopic (exact) mass is 314 g/mol. The predicted molar refractivity (Wildman–Crippen MR) is 91.1 cm³/mol. The van der Waals surface area contributed by atoms with Crippen molar-refractivity contribution in [2.24, 2.45) is 0 Å². The summed E-state index contributed by atoms with van der Waals surface area (Å²) in [5.74, 6) is 1.54. The van der Waals surface area contributed by atoms with Gasteiger partial charge in [0.1, 0.15) is 18.1 Å². The number of benzene rings is 2. The van der Waals surface area contributed by atoms with Crippen LogP contribution in [0.5, 0.6) is 11.5 Å². The van der Waals surface area contributed by atoms with Gasteiger partial charge in [-0.1, -0.05) is 18.2 Å². The molecule has 0 aliphatic carbocycles. The molecule has 0 atom stereocenters. The molecule has 0 spiro atoms. The molecule has 5 heteroatoms. The molecule has 1 amide bonds. The number of carbonyl (C=O) groups is 1. The molecule has 0 heterocycles. The summed E-state index contributed by atoms with van der Waals surface area (Å²) in [6, 6.07) is 16.9. The van der Waals surface area contributed by atoms with Crippen LogP contribution in [0.1, 0.15) is 0 Å². The summed E-state index contributed by atoms with van der Waals surface area (Å²) < 4.78 is 10.7. The Morgan fingerprint density at radius 3 is 2.39 bits per heavy atom. The Bertz CT molecular complexity index is 599. The highest BCUT2D eigenvalue weighted by Gasteiger charge is 2.07. The summed E-state index contributed by atoms with van der Waals surface area (Å²) in [7, 11) is 3.50. The number of amides is 1. The van der Waals surface area contributed by atoms with Crippen molar-refractivity contribution in [2.75, 3.05) is 39.2 Å². The lowest BCUT2D eigenvalue weighted by atomic mass is 10.3. The van der Waals surface area contributed by atoms with Gasteiger partial charge in [-0.2, -0.15) is 0 Å². The van der Waals surface area contributed by atoms with Gasteiger partial charge in [-0.25, -0.2) is 0 Å². The first-order valence-corrected chi connectivity index (χ1v) is 7.47. The third-order valence-electron chi connectivity index (χ3n) is 3.27. The highest BCUT2D eigenvalue weighted by molar-refractivity contribution is 5.92. The minimum atomic E-state index is -0.0580. The molecule has 0 unspecified atom stereocenters. The topological polar surface area (TPSA) is 50.8 Å². The van der Waals surface area contributed by atoms with E-state index >= 15 is 0 Å². The molecule has 1 N–H and O–H groups in total. The van der Waals surface area contributed by atoms with Crippen LogP contribution in [0.15, 0.2) is 54.6 Å². The maximum atomic E-state index is 12.0. The van der Waals surface area contributed by atoms with Crippen molar-refractivity contribution in [3.8, 4) is 11.5 Å². The van der Waals surface area contributed by atoms with E-state index in [-0.39, 0.29) is 5.91 Å². The third kappa shape index (κ3) is 6.00. The van der Waals surface area contributed by atoms with Gasteiger partial charge < -0.3 is 14.8 Å². The number of nitrogens with one attached hydrogen (secondary N) is 1. The van der Waals surface area contributed by atoms with Gasteiger partial charge in [0.25, 0.3) is 0 Å². The fraction of sp³-hybridized carbons (Fsp3) is 0.278. The van der Waals surface area contributed by atoms with Gasteiger partial charge in [0.05, 0.1) is 13.7 Å². The second-order valence-corrected chi connectivity index (χ2v) is 5.18. The standard InChI is InChI=1S/C18H22N2O3/c1-20(12-13-23-17-6-4-3-5-7-17)14-18(21)19-15-8-10-16(22-2)11-9-15/h3-11H,12-14H2,1-2H3,(H,19,21). The van der Waals surface area contributed by atoms with Crippen molar-refractivity contribution in [3.05, 3.63) is 54.6 Å². The highest BCUT2D eigenvalue weighted by Crippen LogP contribution is 2.14. The molecule has 0 aromatic heterocycles. The molecule has 0 fully saturated rings. The molecule has 5 nitrogen and oxygen atoms in total. The Morgan fingerprint density at radius 1 is 1.04 bits per heavy atom. The summed E-state index contributed by atoms with van der Waals surface area (Å²) in [4.78, 5) is 13.9. The average Bonchev–Trinajstić information content (AvgIpc) is 2.56. The molecule has 0 saturated heterocycles. The molecule has 0 bridgehead atoms. The molecule has 122 valence electrons. The van der Waals surface area contributed by atoms with Crippen LogP contribution in [0.4, 0.5) is 5.69 Å². The van der Waals surface area contributed by atoms with Gasteiger partial charge in [0, 0.05) is 12.2 Å². The van der Waals surface area contributed by atoms with Crippen LogP contribution in [0.25, 0.3) is 0 Å². The van der Waals surface area contributed by atoms with Gasteiger partial charge in [0.2, 0.25) is 5.91 Å². The smallest absolute Gasteiger partial charge is 0.238 e. The normalized spacial score (nSPS) is 10.4. The van der Waals surface area contributed by atoms with Crippen LogP contribution in [0.3, 0.4) is 0 Å². The minimum absolute atomic E-state index is 0.0580. The zero-order valence-corrected chi connectivity index (χ0v) is 13.5. The molecule has 0 aliphatic rings.